The largest absolute Gasteiger partial charge is 0.210 e. The summed E-state index contributed by atoms with van der Waals surface area (Å²) in [5.74, 6) is 0.684. The molecule has 0 aliphatic heterocycles. The van der Waals surface area contributed by atoms with Crippen LogP contribution in [0.5, 0.6) is 0 Å². The first-order valence-electron chi connectivity index (χ1n) is 1.36. The van der Waals surface area contributed by atoms with Gasteiger partial charge in [0.1, 0.15) is 0 Å². The molecular weight excluding hydrogens is 84.1 g/mol. The highest BCUT2D eigenvalue weighted by atomic mass is 32.1. The average Bonchev–Trinajstić information content (AvgIpc) is 1.41. The number of nitrogens with one attached hydrogen (secondary N) is 1. The fourth-order valence-corrected chi connectivity index (χ4v) is 0.150. The molecular formula is C2H6N2S. The zero-order chi connectivity index (χ0) is 4.12. The van der Waals surface area contributed by atoms with Crippen LogP contribution in [0.3, 0.4) is 0 Å². The highest BCUT2D eigenvalue weighted by Crippen LogP contribution is 1.70. The van der Waals surface area contributed by atoms with Gasteiger partial charge in [-0.05, 0) is 0 Å². The molecule has 0 heterocycles. The Labute approximate surface area is 36.5 Å². The van der Waals surface area contributed by atoms with Crippen molar-refractivity contribution in [1.82, 2.24) is 0 Å². The van der Waals surface area contributed by atoms with Gasteiger partial charge in [-0.25, -0.2) is 5.53 Å². The summed E-state index contributed by atoms with van der Waals surface area (Å²) < 4.78 is 0. The third kappa shape index (κ3) is 3.95. The number of hydrogen-bond donors (Lipinski definition) is 2. The molecule has 3 heteroatoms. The molecule has 0 unspecified atom stereocenters. The van der Waals surface area contributed by atoms with Crippen molar-refractivity contribution in [2.75, 3.05) is 12.3 Å². The van der Waals surface area contributed by atoms with E-state index in [0.717, 1.165) is 0 Å². The summed E-state index contributed by atoms with van der Waals surface area (Å²) in [5, 5.41) is 3.03. The van der Waals surface area contributed by atoms with Crippen LogP contribution in [0, 0.1) is 5.53 Å². The quantitative estimate of drug-likeness (QED) is 0.374. The second kappa shape index (κ2) is 3.95. The van der Waals surface area contributed by atoms with E-state index in [1.807, 2.05) is 0 Å². The second-order valence-corrected chi connectivity index (χ2v) is 1.05. The van der Waals surface area contributed by atoms with Gasteiger partial charge in [0.25, 0.3) is 0 Å². The minimum Gasteiger partial charge on any atom is -0.210 e. The number of hydrogen-bond acceptors (Lipinski definition) is 3. The first kappa shape index (κ1) is 4.95. The van der Waals surface area contributed by atoms with E-state index in [9.17, 15) is 0 Å². The van der Waals surface area contributed by atoms with Crippen molar-refractivity contribution in [3.05, 3.63) is 0 Å². The van der Waals surface area contributed by atoms with E-state index in [-0.39, 0.29) is 0 Å². The third-order valence-electron chi connectivity index (χ3n) is 0.212. The molecule has 0 aliphatic carbocycles. The average molecular weight is 90.2 g/mol. The summed E-state index contributed by atoms with van der Waals surface area (Å²) in [5.41, 5.74) is 6.18. The summed E-state index contributed by atoms with van der Waals surface area (Å²) in [6.07, 6.45) is 0. The Balaban J connectivity index is 2.40. The van der Waals surface area contributed by atoms with E-state index in [2.05, 4.69) is 17.7 Å². The lowest BCUT2D eigenvalue weighted by atomic mass is 10.8. The first-order chi connectivity index (χ1) is 2.41. The number of rotatable bonds is 2. The minimum atomic E-state index is 0.545. The van der Waals surface area contributed by atoms with E-state index in [1.165, 1.54) is 0 Å². The SMILES string of the molecule is N=NCCS. The van der Waals surface area contributed by atoms with Crippen molar-refractivity contribution >= 4 is 12.6 Å². The second-order valence-electron chi connectivity index (χ2n) is 0.605. The molecule has 0 spiro atoms. The lowest BCUT2D eigenvalue weighted by Gasteiger charge is -1.71. The van der Waals surface area contributed by atoms with E-state index < -0.39 is 0 Å². The van der Waals surface area contributed by atoms with E-state index in [4.69, 9.17) is 5.53 Å². The summed E-state index contributed by atoms with van der Waals surface area (Å²) in [6, 6.07) is 0. The van der Waals surface area contributed by atoms with Crippen LogP contribution in [0.25, 0.3) is 0 Å². The Morgan fingerprint density at radius 3 is 2.40 bits per heavy atom. The molecule has 0 saturated carbocycles. The maximum atomic E-state index is 6.18. The first-order valence-corrected chi connectivity index (χ1v) is 1.99. The van der Waals surface area contributed by atoms with Crippen molar-refractivity contribution in [3.8, 4) is 0 Å². The van der Waals surface area contributed by atoms with Crippen LogP contribution < -0.4 is 0 Å². The molecule has 0 rings (SSSR count). The van der Waals surface area contributed by atoms with Crippen molar-refractivity contribution < 1.29 is 0 Å². The van der Waals surface area contributed by atoms with Gasteiger partial charge < -0.3 is 0 Å². The summed E-state index contributed by atoms with van der Waals surface area (Å²) in [6.45, 7) is 0.545. The van der Waals surface area contributed by atoms with Gasteiger partial charge in [-0.2, -0.15) is 17.7 Å². The third-order valence-corrected chi connectivity index (χ3v) is 0.412. The Morgan fingerprint density at radius 1 is 1.80 bits per heavy atom. The van der Waals surface area contributed by atoms with Gasteiger partial charge in [0, 0.05) is 5.75 Å². The summed E-state index contributed by atoms with van der Waals surface area (Å²) >= 11 is 3.79. The standard InChI is InChI=1S/C2H6N2S/c3-4-1-2-5/h3,5H,1-2H2. The predicted molar refractivity (Wildman–Crippen MR) is 23.9 cm³/mol. The molecule has 0 aromatic heterocycles. The molecule has 0 aromatic rings. The van der Waals surface area contributed by atoms with Crippen molar-refractivity contribution in [2.45, 2.75) is 0 Å². The van der Waals surface area contributed by atoms with E-state index in [1.54, 1.807) is 0 Å². The Bertz CT molecular complexity index is 28.8. The van der Waals surface area contributed by atoms with E-state index in [0.29, 0.717) is 12.3 Å². The molecule has 0 bridgehead atoms. The van der Waals surface area contributed by atoms with Crippen LogP contribution in [0.15, 0.2) is 5.11 Å². The number of nitrogens with zero attached hydrogens (tertiary/aromatic N) is 1. The Hall–Kier alpha value is -0.0500. The minimum absolute atomic E-state index is 0.545. The highest BCUT2D eigenvalue weighted by molar-refractivity contribution is 7.80. The molecule has 5 heavy (non-hydrogen) atoms. The fourth-order valence-electron chi connectivity index (χ4n) is 0.0500. The van der Waals surface area contributed by atoms with Crippen LogP contribution in [0.1, 0.15) is 0 Å². The van der Waals surface area contributed by atoms with Crippen LogP contribution in [-0.2, 0) is 0 Å². The van der Waals surface area contributed by atoms with Gasteiger partial charge in [-0.15, -0.1) is 0 Å². The van der Waals surface area contributed by atoms with Gasteiger partial charge in [0.2, 0.25) is 0 Å². The molecule has 0 aliphatic rings. The normalized spacial score (nSPS) is 7.40. The summed E-state index contributed by atoms with van der Waals surface area (Å²) in [7, 11) is 0. The molecule has 0 radical (unpaired) electrons. The lowest BCUT2D eigenvalue weighted by molar-refractivity contribution is 0.959. The molecule has 0 saturated heterocycles. The smallest absolute Gasteiger partial charge is 0.0684 e. The maximum absolute atomic E-state index is 6.18. The fraction of sp³-hybridized carbons (Fsp3) is 1.00. The molecule has 30 valence electrons. The van der Waals surface area contributed by atoms with Crippen molar-refractivity contribution in [3.63, 3.8) is 0 Å². The topological polar surface area (TPSA) is 36.2 Å². The van der Waals surface area contributed by atoms with Gasteiger partial charge in [-0.1, -0.05) is 0 Å². The van der Waals surface area contributed by atoms with Crippen LogP contribution in [0.2, 0.25) is 0 Å². The van der Waals surface area contributed by atoms with Crippen molar-refractivity contribution in [1.29, 1.82) is 5.53 Å². The summed E-state index contributed by atoms with van der Waals surface area (Å²) in [4.78, 5) is 0. The lowest BCUT2D eigenvalue weighted by Crippen LogP contribution is -1.72. The highest BCUT2D eigenvalue weighted by Gasteiger charge is 1.64. The van der Waals surface area contributed by atoms with Crippen molar-refractivity contribution in [2.24, 2.45) is 5.11 Å². The zero-order valence-electron chi connectivity index (χ0n) is 2.81. The predicted octanol–water partition coefficient (Wildman–Crippen LogP) is 0.947. The van der Waals surface area contributed by atoms with Crippen LogP contribution >= 0.6 is 12.6 Å². The van der Waals surface area contributed by atoms with Crippen LogP contribution in [-0.4, -0.2) is 12.3 Å². The monoisotopic (exact) mass is 90.0 g/mol. The molecule has 0 aromatic carbocycles. The zero-order valence-corrected chi connectivity index (χ0v) is 3.70. The van der Waals surface area contributed by atoms with Gasteiger partial charge in [0.15, 0.2) is 0 Å². The maximum Gasteiger partial charge on any atom is 0.0684 e. The Morgan fingerprint density at radius 2 is 2.40 bits per heavy atom. The van der Waals surface area contributed by atoms with Crippen LogP contribution in [0.4, 0.5) is 0 Å². The number of thiol groups is 1. The van der Waals surface area contributed by atoms with Gasteiger partial charge in [-0.3, -0.25) is 0 Å². The molecule has 0 atom stereocenters. The Kier molecular flexibility index (Phi) is 3.91. The molecule has 0 fully saturated rings. The molecule has 0 amide bonds. The molecule has 1 N–H and O–H groups in total. The molecule has 2 nitrogen and oxygen atoms in total. The van der Waals surface area contributed by atoms with Gasteiger partial charge >= 0.3 is 0 Å². The van der Waals surface area contributed by atoms with E-state index >= 15 is 0 Å². The van der Waals surface area contributed by atoms with Gasteiger partial charge in [0.05, 0.1) is 6.54 Å².